The zero-order valence-electron chi connectivity index (χ0n) is 6.99. The molecule has 1 rings (SSSR count). The van der Waals surface area contributed by atoms with Crippen molar-refractivity contribution in [2.45, 2.75) is 12.8 Å². The van der Waals surface area contributed by atoms with Gasteiger partial charge < -0.3 is 0 Å². The number of rotatable bonds is 3. The zero-order chi connectivity index (χ0) is 9.84. The molecule has 0 N–H and O–H groups in total. The van der Waals surface area contributed by atoms with E-state index in [4.69, 9.17) is 11.6 Å². The van der Waals surface area contributed by atoms with Crippen molar-refractivity contribution < 1.29 is 4.39 Å². The largest absolute Gasteiger partial charge is 0.207 e. The average molecular weight is 264 g/mol. The van der Waals surface area contributed by atoms with Crippen LogP contribution in [-0.4, -0.2) is 0 Å². The Labute approximate surface area is 90.5 Å². The quantitative estimate of drug-likeness (QED) is 0.762. The van der Waals surface area contributed by atoms with Gasteiger partial charge in [0.05, 0.1) is 0 Å². The average Bonchev–Trinajstić information content (AvgIpc) is 1.99. The van der Waals surface area contributed by atoms with Crippen LogP contribution >= 0.6 is 27.5 Å². The lowest BCUT2D eigenvalue weighted by Gasteiger charge is -2.01. The van der Waals surface area contributed by atoms with Crippen molar-refractivity contribution in [3.05, 3.63) is 45.7 Å². The van der Waals surface area contributed by atoms with E-state index >= 15 is 0 Å². The van der Waals surface area contributed by atoms with Crippen LogP contribution in [-0.2, 0) is 6.42 Å². The van der Waals surface area contributed by atoms with E-state index in [2.05, 4.69) is 22.5 Å². The third kappa shape index (κ3) is 3.92. The van der Waals surface area contributed by atoms with Crippen LogP contribution in [0.3, 0.4) is 0 Å². The summed E-state index contributed by atoms with van der Waals surface area (Å²) in [6.07, 6.45) is 1.54. The summed E-state index contributed by atoms with van der Waals surface area (Å²) in [5.41, 5.74) is 0.894. The van der Waals surface area contributed by atoms with Crippen LogP contribution in [0.2, 0.25) is 5.02 Å². The van der Waals surface area contributed by atoms with E-state index in [0.29, 0.717) is 5.02 Å². The number of halogens is 3. The molecule has 0 bridgehead atoms. The topological polar surface area (TPSA) is 0 Å². The van der Waals surface area contributed by atoms with Gasteiger partial charge in [-0.15, -0.1) is 0 Å². The minimum atomic E-state index is -0.289. The molecule has 1 aromatic rings. The van der Waals surface area contributed by atoms with Gasteiger partial charge in [0.25, 0.3) is 0 Å². The molecule has 0 saturated heterocycles. The fraction of sp³-hybridized carbons (Fsp3) is 0.200. The van der Waals surface area contributed by atoms with Gasteiger partial charge in [-0.2, -0.15) is 0 Å². The van der Waals surface area contributed by atoms with E-state index in [9.17, 15) is 4.39 Å². The molecule has 0 unspecified atom stereocenters. The third-order valence-corrected chi connectivity index (χ3v) is 2.22. The van der Waals surface area contributed by atoms with Crippen LogP contribution in [0.15, 0.2) is 29.3 Å². The number of hydrogen-bond acceptors (Lipinski definition) is 0. The molecule has 0 spiro atoms. The normalized spacial score (nSPS) is 10.1. The highest BCUT2D eigenvalue weighted by molar-refractivity contribution is 9.11. The van der Waals surface area contributed by atoms with E-state index < -0.39 is 0 Å². The summed E-state index contributed by atoms with van der Waals surface area (Å²) < 4.78 is 13.7. The minimum Gasteiger partial charge on any atom is -0.207 e. The number of benzene rings is 1. The molecule has 0 aliphatic rings. The van der Waals surface area contributed by atoms with Crippen LogP contribution in [0.5, 0.6) is 0 Å². The van der Waals surface area contributed by atoms with E-state index in [-0.39, 0.29) is 5.82 Å². The molecule has 0 aliphatic carbocycles. The highest BCUT2D eigenvalue weighted by Gasteiger charge is 1.99. The molecule has 0 saturated carbocycles. The Morgan fingerprint density at radius 2 is 2.15 bits per heavy atom. The van der Waals surface area contributed by atoms with Crippen LogP contribution in [0, 0.1) is 5.82 Å². The molecular weight excluding hydrogens is 254 g/mol. The number of allylic oxidation sites excluding steroid dienone is 1. The molecule has 0 fully saturated rings. The Bertz CT molecular complexity index is 302. The second-order valence-corrected chi connectivity index (χ2v) is 4.35. The molecule has 0 amide bonds. The Hall–Kier alpha value is -0.340. The Morgan fingerprint density at radius 3 is 2.69 bits per heavy atom. The lowest BCUT2D eigenvalue weighted by atomic mass is 10.1. The first kappa shape index (κ1) is 10.7. The summed E-state index contributed by atoms with van der Waals surface area (Å²) >= 11 is 8.94. The summed E-state index contributed by atoms with van der Waals surface area (Å²) in [5, 5.41) is 0.440. The lowest BCUT2D eigenvalue weighted by Crippen LogP contribution is -1.86. The Kier molecular flexibility index (Phi) is 3.94. The highest BCUT2D eigenvalue weighted by Crippen LogP contribution is 2.17. The Balaban J connectivity index is 2.71. The molecule has 0 aromatic heterocycles. The van der Waals surface area contributed by atoms with Gasteiger partial charge in [-0.05, 0) is 41.1 Å². The summed E-state index contributed by atoms with van der Waals surface area (Å²) in [6.45, 7) is 3.70. The molecular formula is C10H9BrClF. The van der Waals surface area contributed by atoms with Gasteiger partial charge in [0.15, 0.2) is 0 Å². The summed E-state index contributed by atoms with van der Waals surface area (Å²) in [7, 11) is 0. The van der Waals surface area contributed by atoms with E-state index in [1.165, 1.54) is 12.1 Å². The monoisotopic (exact) mass is 262 g/mol. The Morgan fingerprint density at radius 1 is 1.46 bits per heavy atom. The zero-order valence-corrected chi connectivity index (χ0v) is 9.33. The van der Waals surface area contributed by atoms with Crippen molar-refractivity contribution in [2.75, 3.05) is 0 Å². The minimum absolute atomic E-state index is 0.289. The molecule has 1 aromatic carbocycles. The second kappa shape index (κ2) is 4.77. The fourth-order valence-corrected chi connectivity index (χ4v) is 1.48. The van der Waals surface area contributed by atoms with Gasteiger partial charge in [-0.1, -0.05) is 34.1 Å². The smallest absolute Gasteiger partial charge is 0.124 e. The van der Waals surface area contributed by atoms with Gasteiger partial charge in [0.1, 0.15) is 5.82 Å². The van der Waals surface area contributed by atoms with Crippen molar-refractivity contribution in [2.24, 2.45) is 0 Å². The van der Waals surface area contributed by atoms with E-state index in [1.54, 1.807) is 6.07 Å². The highest BCUT2D eigenvalue weighted by atomic mass is 79.9. The standard InChI is InChI=1S/C10H9BrClF/c1-7(11)2-3-8-4-9(12)6-10(13)5-8/h4-6H,1-3H2. The first-order chi connectivity index (χ1) is 6.08. The van der Waals surface area contributed by atoms with Gasteiger partial charge in [0.2, 0.25) is 0 Å². The lowest BCUT2D eigenvalue weighted by molar-refractivity contribution is 0.625. The van der Waals surface area contributed by atoms with Crippen molar-refractivity contribution >= 4 is 27.5 Å². The van der Waals surface area contributed by atoms with E-state index in [1.807, 2.05) is 0 Å². The van der Waals surface area contributed by atoms with Gasteiger partial charge in [0, 0.05) is 5.02 Å². The summed E-state index contributed by atoms with van der Waals surface area (Å²) in [5.74, 6) is -0.289. The molecule has 0 aliphatic heterocycles. The summed E-state index contributed by atoms with van der Waals surface area (Å²) in [4.78, 5) is 0. The summed E-state index contributed by atoms with van der Waals surface area (Å²) in [6, 6.07) is 4.55. The maximum atomic E-state index is 12.8. The number of aryl methyl sites for hydroxylation is 1. The molecule has 0 radical (unpaired) electrons. The molecule has 0 heterocycles. The van der Waals surface area contributed by atoms with Crippen LogP contribution < -0.4 is 0 Å². The second-order valence-electron chi connectivity index (χ2n) is 2.79. The third-order valence-electron chi connectivity index (χ3n) is 1.61. The van der Waals surface area contributed by atoms with Gasteiger partial charge in [-0.25, -0.2) is 4.39 Å². The molecule has 0 atom stereocenters. The van der Waals surface area contributed by atoms with Crippen molar-refractivity contribution in [3.63, 3.8) is 0 Å². The maximum Gasteiger partial charge on any atom is 0.124 e. The van der Waals surface area contributed by atoms with Crippen molar-refractivity contribution in [1.82, 2.24) is 0 Å². The fourth-order valence-electron chi connectivity index (χ4n) is 1.04. The van der Waals surface area contributed by atoms with Gasteiger partial charge in [-0.3, -0.25) is 0 Å². The predicted molar refractivity (Wildman–Crippen MR) is 57.8 cm³/mol. The first-order valence-electron chi connectivity index (χ1n) is 3.86. The van der Waals surface area contributed by atoms with E-state index in [0.717, 1.165) is 22.9 Å². The SMILES string of the molecule is C=C(Br)CCc1cc(F)cc(Cl)c1. The number of hydrogen-bond donors (Lipinski definition) is 0. The molecule has 0 nitrogen and oxygen atoms in total. The maximum absolute atomic E-state index is 12.8. The molecule has 13 heavy (non-hydrogen) atoms. The predicted octanol–water partition coefficient (Wildman–Crippen LogP) is 4.32. The molecule has 3 heteroatoms. The molecule has 70 valence electrons. The first-order valence-corrected chi connectivity index (χ1v) is 5.03. The van der Waals surface area contributed by atoms with Crippen molar-refractivity contribution in [3.8, 4) is 0 Å². The van der Waals surface area contributed by atoms with Crippen LogP contribution in [0.25, 0.3) is 0 Å². The van der Waals surface area contributed by atoms with Crippen LogP contribution in [0.1, 0.15) is 12.0 Å². The van der Waals surface area contributed by atoms with Crippen molar-refractivity contribution in [1.29, 1.82) is 0 Å². The van der Waals surface area contributed by atoms with Crippen LogP contribution in [0.4, 0.5) is 4.39 Å². The van der Waals surface area contributed by atoms with Gasteiger partial charge >= 0.3 is 0 Å².